The summed E-state index contributed by atoms with van der Waals surface area (Å²) in [5.41, 5.74) is 0. The Bertz CT molecular complexity index is 778. The van der Waals surface area contributed by atoms with Crippen molar-refractivity contribution in [2.45, 2.75) is 44.9 Å². The van der Waals surface area contributed by atoms with E-state index in [9.17, 15) is 0 Å². The van der Waals surface area contributed by atoms with Crippen molar-refractivity contribution < 1.29 is 0 Å². The monoisotopic (exact) mass is 452 g/mol. The van der Waals surface area contributed by atoms with Crippen LogP contribution in [-0.4, -0.2) is 12.3 Å². The molecule has 0 aromatic heterocycles. The Morgan fingerprint density at radius 3 is 1.33 bits per heavy atom. The van der Waals surface area contributed by atoms with Crippen LogP contribution in [0.1, 0.15) is 44.9 Å². The second-order valence-corrected chi connectivity index (χ2v) is 20.9. The Morgan fingerprint density at radius 2 is 0.867 bits per heavy atom. The van der Waals surface area contributed by atoms with Crippen LogP contribution in [0.2, 0.25) is 0 Å². The van der Waals surface area contributed by atoms with Gasteiger partial charge in [0.05, 0.1) is 0 Å². The predicted molar refractivity (Wildman–Crippen MR) is 144 cm³/mol. The molecule has 0 aliphatic carbocycles. The average Bonchev–Trinajstić information content (AvgIpc) is 2.82. The molecule has 2 atom stereocenters. The third kappa shape index (κ3) is 4.30. The van der Waals surface area contributed by atoms with E-state index in [0.29, 0.717) is 0 Å². The molecule has 3 aromatic carbocycles. The van der Waals surface area contributed by atoms with Crippen molar-refractivity contribution in [2.75, 3.05) is 12.3 Å². The first kappa shape index (κ1) is 22.2. The molecule has 0 bridgehead atoms. The van der Waals surface area contributed by atoms with E-state index in [-0.39, 0.29) is 0 Å². The van der Waals surface area contributed by atoms with Gasteiger partial charge < -0.3 is 0 Å². The fraction of sp³-hybridized carbons (Fsp3) is 0.333. The molecule has 0 nitrogen and oxygen atoms in total. The Hall–Kier alpha value is -1.05. The van der Waals surface area contributed by atoms with Gasteiger partial charge in [0.25, 0.3) is 0 Å². The number of hydrogen-bond acceptors (Lipinski definition) is 0. The van der Waals surface area contributed by atoms with E-state index in [2.05, 4.69) is 91.0 Å². The average molecular weight is 452 g/mol. The Balaban J connectivity index is 1.98. The van der Waals surface area contributed by atoms with Crippen LogP contribution in [0, 0.1) is 0 Å². The SMILES string of the molecule is c1ccc(P2(c3ccccc3)(c3ccccc3)CCCCCCCCCPP2)cc1. The van der Waals surface area contributed by atoms with Crippen LogP contribution < -0.4 is 15.9 Å². The minimum atomic E-state index is -2.52. The van der Waals surface area contributed by atoms with Gasteiger partial charge in [-0.25, -0.2) is 0 Å². The molecule has 2 unspecified atom stereocenters. The van der Waals surface area contributed by atoms with Gasteiger partial charge in [0.1, 0.15) is 0 Å². The number of hydrogen-bond donors (Lipinski definition) is 0. The molecule has 3 aromatic rings. The molecular weight excluding hydrogens is 417 g/mol. The molecule has 1 fully saturated rings. The summed E-state index contributed by atoms with van der Waals surface area (Å²) in [5, 5.41) is 4.84. The van der Waals surface area contributed by atoms with E-state index in [1.54, 1.807) is 15.9 Å². The Labute approximate surface area is 186 Å². The summed E-state index contributed by atoms with van der Waals surface area (Å²) in [7, 11) is 2.06. The number of rotatable bonds is 3. The molecule has 30 heavy (non-hydrogen) atoms. The Kier molecular flexibility index (Phi) is 7.76. The van der Waals surface area contributed by atoms with Gasteiger partial charge in [0, 0.05) is 0 Å². The van der Waals surface area contributed by atoms with Crippen molar-refractivity contribution in [3.8, 4) is 0 Å². The van der Waals surface area contributed by atoms with Gasteiger partial charge in [-0.1, -0.05) is 0 Å². The van der Waals surface area contributed by atoms with Crippen molar-refractivity contribution in [3.63, 3.8) is 0 Å². The van der Waals surface area contributed by atoms with Crippen molar-refractivity contribution in [1.82, 2.24) is 0 Å². The maximum absolute atomic E-state index is 2.52. The zero-order chi connectivity index (χ0) is 20.6. The first-order chi connectivity index (χ1) is 14.9. The zero-order valence-corrected chi connectivity index (χ0v) is 20.9. The fourth-order valence-electron chi connectivity index (χ4n) is 5.11. The van der Waals surface area contributed by atoms with E-state index in [1.807, 2.05) is 0 Å². The minimum absolute atomic E-state index is 1.000. The summed E-state index contributed by atoms with van der Waals surface area (Å²) in [6.45, 7) is 0. The van der Waals surface area contributed by atoms with Gasteiger partial charge in [-0.05, 0) is 0 Å². The van der Waals surface area contributed by atoms with Crippen molar-refractivity contribution in [1.29, 1.82) is 0 Å². The molecule has 1 heterocycles. The zero-order valence-electron chi connectivity index (χ0n) is 18.0. The van der Waals surface area contributed by atoms with Crippen LogP contribution in [0.4, 0.5) is 0 Å². The quantitative estimate of drug-likeness (QED) is 0.362. The van der Waals surface area contributed by atoms with E-state index < -0.39 is 6.29 Å². The Morgan fingerprint density at radius 1 is 0.467 bits per heavy atom. The predicted octanol–water partition coefficient (Wildman–Crippen LogP) is 7.45. The van der Waals surface area contributed by atoms with Gasteiger partial charge in [0.2, 0.25) is 0 Å². The number of benzene rings is 3. The van der Waals surface area contributed by atoms with Crippen molar-refractivity contribution >= 4 is 38.4 Å². The van der Waals surface area contributed by atoms with E-state index in [1.165, 1.54) is 57.3 Å². The maximum atomic E-state index is 2.46. The molecule has 0 spiro atoms. The van der Waals surface area contributed by atoms with E-state index in [0.717, 1.165) is 16.2 Å². The normalized spacial score (nSPS) is 22.9. The van der Waals surface area contributed by atoms with Crippen LogP contribution in [0.3, 0.4) is 0 Å². The van der Waals surface area contributed by atoms with Gasteiger partial charge in [-0.2, -0.15) is 0 Å². The summed E-state index contributed by atoms with van der Waals surface area (Å²) in [6.07, 6.45) is 10.0. The molecule has 0 amide bonds. The van der Waals surface area contributed by atoms with Crippen LogP contribution in [0.25, 0.3) is 0 Å². The third-order valence-electron chi connectivity index (χ3n) is 6.71. The molecule has 0 N–H and O–H groups in total. The van der Waals surface area contributed by atoms with Crippen molar-refractivity contribution in [2.24, 2.45) is 0 Å². The van der Waals surface area contributed by atoms with Crippen LogP contribution >= 0.6 is 22.5 Å². The van der Waals surface area contributed by atoms with E-state index >= 15 is 0 Å². The summed E-state index contributed by atoms with van der Waals surface area (Å²) in [5.74, 6) is 0. The van der Waals surface area contributed by atoms with Gasteiger partial charge in [-0.3, -0.25) is 0 Å². The van der Waals surface area contributed by atoms with Crippen LogP contribution in [0.15, 0.2) is 91.0 Å². The van der Waals surface area contributed by atoms with Crippen molar-refractivity contribution in [3.05, 3.63) is 91.0 Å². The molecule has 0 radical (unpaired) electrons. The molecule has 1 aliphatic heterocycles. The second kappa shape index (κ2) is 10.5. The summed E-state index contributed by atoms with van der Waals surface area (Å²) < 4.78 is 0. The fourth-order valence-corrected chi connectivity index (χ4v) is 25.4. The molecule has 1 aliphatic rings. The molecule has 1 saturated heterocycles. The summed E-state index contributed by atoms with van der Waals surface area (Å²) in [4.78, 5) is 0. The molecule has 0 saturated carbocycles. The molecule has 3 heteroatoms. The topological polar surface area (TPSA) is 0 Å². The van der Waals surface area contributed by atoms with E-state index in [4.69, 9.17) is 0 Å². The van der Waals surface area contributed by atoms with Crippen LogP contribution in [-0.2, 0) is 0 Å². The summed E-state index contributed by atoms with van der Waals surface area (Å²) >= 11 is 0. The molecule has 158 valence electrons. The van der Waals surface area contributed by atoms with Gasteiger partial charge >= 0.3 is 187 Å². The first-order valence-electron chi connectivity index (χ1n) is 11.5. The standard InChI is InChI=1S/C27H35P3/c1-2-4-15-23-28-29-30(24-16-5-3-1,25-17-9-6-10-18-25,26-19-11-7-12-20-26)27-21-13-8-14-22-27/h6-14,17-22,28-29H,1-5,15-16,23-24H2. The summed E-state index contributed by atoms with van der Waals surface area (Å²) in [6, 6.07) is 35.0. The van der Waals surface area contributed by atoms with Crippen LogP contribution in [0.5, 0.6) is 0 Å². The third-order valence-corrected chi connectivity index (χ3v) is 25.1. The first-order valence-corrected chi connectivity index (χ1v) is 18.0. The molecule has 4 rings (SSSR count). The molecular formula is C27H35P3. The second-order valence-electron chi connectivity index (χ2n) is 8.55. The van der Waals surface area contributed by atoms with Gasteiger partial charge in [0.15, 0.2) is 0 Å². The van der Waals surface area contributed by atoms with Gasteiger partial charge in [-0.15, -0.1) is 0 Å².